The van der Waals surface area contributed by atoms with Crippen molar-refractivity contribution in [1.82, 2.24) is 4.98 Å². The minimum atomic E-state index is -0.469. The van der Waals surface area contributed by atoms with Crippen molar-refractivity contribution in [2.45, 2.75) is 36.3 Å². The van der Waals surface area contributed by atoms with Crippen LogP contribution in [0.4, 0.5) is 11.5 Å². The molecule has 0 spiro atoms. The van der Waals surface area contributed by atoms with Crippen LogP contribution in [0.2, 0.25) is 5.02 Å². The first-order chi connectivity index (χ1) is 15.0. The standard InChI is InChI=1S/C24H24ClN3O2S/c1-2-3-9-22(29)27-19-11-13-20(14-12-19)31-23(17-7-5-4-6-8-17)24(30)28-21-15-10-18(25)16-26-21/h4-8,10-16,23H,2-3,9H2,1H3,(H,27,29)(H,26,28,30). The number of nitrogens with one attached hydrogen (secondary N) is 2. The zero-order valence-corrected chi connectivity index (χ0v) is 18.7. The van der Waals surface area contributed by atoms with E-state index in [1.165, 1.54) is 18.0 Å². The fraction of sp³-hybridized carbons (Fsp3) is 0.208. The summed E-state index contributed by atoms with van der Waals surface area (Å²) in [5.41, 5.74) is 1.63. The minimum absolute atomic E-state index is 0.0132. The number of halogens is 1. The molecule has 0 aliphatic rings. The number of hydrogen-bond acceptors (Lipinski definition) is 4. The fourth-order valence-corrected chi connectivity index (χ4v) is 3.99. The van der Waals surface area contributed by atoms with E-state index in [1.807, 2.05) is 54.6 Å². The molecular formula is C24H24ClN3O2S. The third kappa shape index (κ3) is 7.12. The van der Waals surface area contributed by atoms with Gasteiger partial charge in [0.25, 0.3) is 0 Å². The lowest BCUT2D eigenvalue weighted by Gasteiger charge is -2.17. The van der Waals surface area contributed by atoms with Crippen LogP contribution >= 0.6 is 23.4 Å². The van der Waals surface area contributed by atoms with E-state index in [0.717, 1.165) is 29.0 Å². The molecule has 2 aromatic carbocycles. The van der Waals surface area contributed by atoms with Crippen molar-refractivity contribution in [2.75, 3.05) is 10.6 Å². The Morgan fingerprint density at radius 3 is 2.39 bits per heavy atom. The molecule has 1 unspecified atom stereocenters. The summed E-state index contributed by atoms with van der Waals surface area (Å²) >= 11 is 7.31. The SMILES string of the molecule is CCCCC(=O)Nc1ccc(SC(C(=O)Nc2ccc(Cl)cn2)c2ccccc2)cc1. The summed E-state index contributed by atoms with van der Waals surface area (Å²) in [6.45, 7) is 2.06. The first-order valence-electron chi connectivity index (χ1n) is 10.1. The zero-order valence-electron chi connectivity index (χ0n) is 17.2. The van der Waals surface area contributed by atoms with E-state index < -0.39 is 5.25 Å². The maximum Gasteiger partial charge on any atom is 0.243 e. The van der Waals surface area contributed by atoms with E-state index in [2.05, 4.69) is 22.5 Å². The van der Waals surface area contributed by atoms with Crippen LogP contribution in [0.1, 0.15) is 37.0 Å². The Kier molecular flexibility index (Phi) is 8.50. The molecule has 0 saturated heterocycles. The van der Waals surface area contributed by atoms with Gasteiger partial charge in [0, 0.05) is 23.2 Å². The molecule has 0 aliphatic carbocycles. The Hall–Kier alpha value is -2.83. The summed E-state index contributed by atoms with van der Waals surface area (Å²) in [5, 5.41) is 5.80. The van der Waals surface area contributed by atoms with Crippen LogP contribution in [-0.2, 0) is 9.59 Å². The lowest BCUT2D eigenvalue weighted by atomic mass is 10.1. The molecule has 3 aromatic rings. The Morgan fingerprint density at radius 1 is 1.00 bits per heavy atom. The first kappa shape index (κ1) is 22.8. The van der Waals surface area contributed by atoms with E-state index in [0.29, 0.717) is 17.3 Å². The lowest BCUT2D eigenvalue weighted by molar-refractivity contribution is -0.116. The van der Waals surface area contributed by atoms with E-state index >= 15 is 0 Å². The van der Waals surface area contributed by atoms with Crippen molar-refractivity contribution in [3.8, 4) is 0 Å². The van der Waals surface area contributed by atoms with Crippen LogP contribution in [0.25, 0.3) is 0 Å². The van der Waals surface area contributed by atoms with Crippen molar-refractivity contribution in [3.63, 3.8) is 0 Å². The van der Waals surface area contributed by atoms with Crippen molar-refractivity contribution < 1.29 is 9.59 Å². The van der Waals surface area contributed by atoms with Crippen molar-refractivity contribution in [2.24, 2.45) is 0 Å². The predicted octanol–water partition coefficient (Wildman–Crippen LogP) is 6.34. The summed E-state index contributed by atoms with van der Waals surface area (Å²) in [4.78, 5) is 30.0. The Morgan fingerprint density at radius 2 is 1.74 bits per heavy atom. The molecule has 1 aromatic heterocycles. The van der Waals surface area contributed by atoms with E-state index in [-0.39, 0.29) is 11.8 Å². The molecule has 0 bridgehead atoms. The number of amides is 2. The molecule has 0 saturated carbocycles. The second-order valence-corrected chi connectivity index (χ2v) is 8.55. The zero-order chi connectivity index (χ0) is 22.1. The van der Waals surface area contributed by atoms with Gasteiger partial charge in [0.2, 0.25) is 11.8 Å². The van der Waals surface area contributed by atoms with Crippen LogP contribution in [0.5, 0.6) is 0 Å². The maximum atomic E-state index is 13.1. The van der Waals surface area contributed by atoms with Gasteiger partial charge in [-0.3, -0.25) is 9.59 Å². The molecule has 2 N–H and O–H groups in total. The van der Waals surface area contributed by atoms with Crippen LogP contribution in [0.3, 0.4) is 0 Å². The van der Waals surface area contributed by atoms with E-state index in [4.69, 9.17) is 11.6 Å². The number of carbonyl (C=O) groups is 2. The largest absolute Gasteiger partial charge is 0.326 e. The Balaban J connectivity index is 1.72. The van der Waals surface area contributed by atoms with Crippen LogP contribution in [0.15, 0.2) is 77.8 Å². The lowest BCUT2D eigenvalue weighted by Crippen LogP contribution is -2.19. The topological polar surface area (TPSA) is 71.1 Å². The first-order valence-corrected chi connectivity index (χ1v) is 11.3. The highest BCUT2D eigenvalue weighted by Crippen LogP contribution is 2.36. The number of aromatic nitrogens is 1. The van der Waals surface area contributed by atoms with Crippen molar-refractivity contribution in [1.29, 1.82) is 0 Å². The van der Waals surface area contributed by atoms with Gasteiger partial charge >= 0.3 is 0 Å². The normalized spacial score (nSPS) is 11.5. The second kappa shape index (κ2) is 11.5. The molecule has 0 fully saturated rings. The Bertz CT molecular complexity index is 996. The van der Waals surface area contributed by atoms with Gasteiger partial charge in [-0.1, -0.05) is 55.3 Å². The molecule has 7 heteroatoms. The molecule has 1 atom stereocenters. The third-order valence-electron chi connectivity index (χ3n) is 4.47. The van der Waals surface area contributed by atoms with E-state index in [1.54, 1.807) is 12.1 Å². The van der Waals surface area contributed by atoms with Crippen LogP contribution in [0, 0.1) is 0 Å². The minimum Gasteiger partial charge on any atom is -0.326 e. The van der Waals surface area contributed by atoms with Crippen LogP contribution in [-0.4, -0.2) is 16.8 Å². The Labute approximate surface area is 191 Å². The second-order valence-electron chi connectivity index (χ2n) is 6.94. The average Bonchev–Trinajstić information content (AvgIpc) is 2.79. The van der Waals surface area contributed by atoms with Gasteiger partial charge in [-0.05, 0) is 48.4 Å². The van der Waals surface area contributed by atoms with Gasteiger partial charge in [0.1, 0.15) is 11.1 Å². The molecule has 5 nitrogen and oxygen atoms in total. The number of anilines is 2. The average molecular weight is 454 g/mol. The maximum absolute atomic E-state index is 13.1. The van der Waals surface area contributed by atoms with Gasteiger partial charge in [-0.25, -0.2) is 4.98 Å². The summed E-state index contributed by atoms with van der Waals surface area (Å²) in [7, 11) is 0. The number of hydrogen-bond donors (Lipinski definition) is 2. The number of unbranched alkanes of at least 4 members (excludes halogenated alkanes) is 1. The molecule has 31 heavy (non-hydrogen) atoms. The van der Waals surface area contributed by atoms with Gasteiger partial charge in [0.05, 0.1) is 5.02 Å². The highest BCUT2D eigenvalue weighted by atomic mass is 35.5. The van der Waals surface area contributed by atoms with Crippen molar-refractivity contribution >= 4 is 46.7 Å². The number of rotatable bonds is 9. The fourth-order valence-electron chi connectivity index (χ4n) is 2.86. The monoisotopic (exact) mass is 453 g/mol. The van der Waals surface area contributed by atoms with Gasteiger partial charge < -0.3 is 10.6 Å². The highest BCUT2D eigenvalue weighted by Gasteiger charge is 2.22. The molecule has 1 heterocycles. The summed E-state index contributed by atoms with van der Waals surface area (Å²) in [6.07, 6.45) is 3.87. The molecular weight excluding hydrogens is 430 g/mol. The van der Waals surface area contributed by atoms with Gasteiger partial charge in [0.15, 0.2) is 0 Å². The molecule has 0 radical (unpaired) electrons. The van der Waals surface area contributed by atoms with Gasteiger partial charge in [-0.15, -0.1) is 11.8 Å². The molecule has 2 amide bonds. The summed E-state index contributed by atoms with van der Waals surface area (Å²) < 4.78 is 0. The number of pyridine rings is 1. The predicted molar refractivity (Wildman–Crippen MR) is 128 cm³/mol. The van der Waals surface area contributed by atoms with Crippen molar-refractivity contribution in [3.05, 3.63) is 83.5 Å². The van der Waals surface area contributed by atoms with E-state index in [9.17, 15) is 9.59 Å². The molecule has 0 aliphatic heterocycles. The van der Waals surface area contributed by atoms with Gasteiger partial charge in [-0.2, -0.15) is 0 Å². The number of nitrogens with zero attached hydrogens (tertiary/aromatic N) is 1. The number of carbonyl (C=O) groups excluding carboxylic acids is 2. The molecule has 3 rings (SSSR count). The summed E-state index contributed by atoms with van der Waals surface area (Å²) in [6, 6.07) is 20.5. The smallest absolute Gasteiger partial charge is 0.243 e. The van der Waals surface area contributed by atoms with Crippen LogP contribution < -0.4 is 10.6 Å². The number of thioether (sulfide) groups is 1. The molecule has 160 valence electrons. The number of benzene rings is 2. The summed E-state index contributed by atoms with van der Waals surface area (Å²) in [5.74, 6) is 0.281. The third-order valence-corrected chi connectivity index (χ3v) is 5.96. The quantitative estimate of drug-likeness (QED) is 0.371. The highest BCUT2D eigenvalue weighted by molar-refractivity contribution is 8.00.